The molecule has 0 spiro atoms. The predicted molar refractivity (Wildman–Crippen MR) is 76.0 cm³/mol. The zero-order chi connectivity index (χ0) is 12.6. The van der Waals surface area contributed by atoms with E-state index >= 15 is 0 Å². The van der Waals surface area contributed by atoms with Gasteiger partial charge >= 0.3 is 0 Å². The van der Waals surface area contributed by atoms with Crippen LogP contribution in [0.2, 0.25) is 0 Å². The van der Waals surface area contributed by atoms with Crippen LogP contribution in [0, 0.1) is 0 Å². The smallest absolute Gasteiger partial charge is 0.0635 e. The van der Waals surface area contributed by atoms with E-state index in [1.165, 1.54) is 44.9 Å². The Morgan fingerprint density at radius 3 is 2.67 bits per heavy atom. The molecule has 0 aromatic carbocycles. The Bertz CT molecular complexity index is 215. The second-order valence-electron chi connectivity index (χ2n) is 5.82. The van der Waals surface area contributed by atoms with Gasteiger partial charge in [0.2, 0.25) is 0 Å². The Balaban J connectivity index is 1.85. The van der Waals surface area contributed by atoms with Crippen LogP contribution in [0.5, 0.6) is 0 Å². The molecule has 0 radical (unpaired) electrons. The summed E-state index contributed by atoms with van der Waals surface area (Å²) in [6, 6.07) is 1.43. The van der Waals surface area contributed by atoms with Crippen LogP contribution >= 0.6 is 0 Å². The van der Waals surface area contributed by atoms with Crippen LogP contribution in [0.15, 0.2) is 0 Å². The van der Waals surface area contributed by atoms with Crippen molar-refractivity contribution in [1.82, 2.24) is 10.2 Å². The zero-order valence-corrected chi connectivity index (χ0v) is 12.0. The van der Waals surface area contributed by atoms with Crippen LogP contribution < -0.4 is 5.32 Å². The standard InChI is InChI=1S/C15H30N2O/c1-2-9-16-12-15-13-18-11-10-17(15)14-7-5-3-4-6-8-14/h14-16H,2-13H2,1H3. The number of hydrogen-bond donors (Lipinski definition) is 1. The van der Waals surface area contributed by atoms with Crippen LogP contribution in [-0.4, -0.2) is 49.8 Å². The van der Waals surface area contributed by atoms with E-state index in [1.807, 2.05) is 0 Å². The van der Waals surface area contributed by atoms with Crippen LogP contribution in [0.1, 0.15) is 51.9 Å². The maximum atomic E-state index is 5.68. The highest BCUT2D eigenvalue weighted by molar-refractivity contribution is 4.84. The van der Waals surface area contributed by atoms with Crippen LogP contribution in [-0.2, 0) is 4.74 Å². The van der Waals surface area contributed by atoms with Crippen LogP contribution in [0.3, 0.4) is 0 Å². The average molecular weight is 254 g/mol. The van der Waals surface area contributed by atoms with Crippen molar-refractivity contribution < 1.29 is 4.74 Å². The van der Waals surface area contributed by atoms with Gasteiger partial charge in [-0.25, -0.2) is 0 Å². The van der Waals surface area contributed by atoms with Gasteiger partial charge in [0.1, 0.15) is 0 Å². The average Bonchev–Trinajstić information content (AvgIpc) is 2.68. The monoisotopic (exact) mass is 254 g/mol. The summed E-state index contributed by atoms with van der Waals surface area (Å²) >= 11 is 0. The summed E-state index contributed by atoms with van der Waals surface area (Å²) in [6.07, 6.45) is 9.78. The minimum Gasteiger partial charge on any atom is -0.378 e. The topological polar surface area (TPSA) is 24.5 Å². The first kappa shape index (κ1) is 14.3. The molecule has 3 heteroatoms. The van der Waals surface area contributed by atoms with Crippen LogP contribution in [0.25, 0.3) is 0 Å². The summed E-state index contributed by atoms with van der Waals surface area (Å²) < 4.78 is 5.68. The van der Waals surface area contributed by atoms with Crippen molar-refractivity contribution in [3.8, 4) is 0 Å². The molecule has 0 aromatic heterocycles. The van der Waals surface area contributed by atoms with Gasteiger partial charge in [-0.2, -0.15) is 0 Å². The molecule has 0 amide bonds. The largest absolute Gasteiger partial charge is 0.378 e. The van der Waals surface area contributed by atoms with Gasteiger partial charge in [0.05, 0.1) is 13.2 Å². The lowest BCUT2D eigenvalue weighted by atomic mass is 10.0. The molecular formula is C15H30N2O. The molecule has 2 aliphatic rings. The zero-order valence-electron chi connectivity index (χ0n) is 12.0. The molecule has 1 aliphatic carbocycles. The van der Waals surface area contributed by atoms with Gasteiger partial charge < -0.3 is 10.1 Å². The van der Waals surface area contributed by atoms with Crippen molar-refractivity contribution in [2.24, 2.45) is 0 Å². The Morgan fingerprint density at radius 1 is 1.17 bits per heavy atom. The van der Waals surface area contributed by atoms with Crippen molar-refractivity contribution in [1.29, 1.82) is 0 Å². The molecule has 1 N–H and O–H groups in total. The molecule has 3 nitrogen and oxygen atoms in total. The Labute approximate surface area is 112 Å². The number of nitrogens with zero attached hydrogens (tertiary/aromatic N) is 1. The van der Waals surface area contributed by atoms with Crippen molar-refractivity contribution in [2.45, 2.75) is 64.0 Å². The minimum absolute atomic E-state index is 0.605. The molecule has 1 saturated carbocycles. The molecule has 1 atom stereocenters. The molecule has 2 rings (SSSR count). The molecule has 0 aromatic rings. The highest BCUT2D eigenvalue weighted by atomic mass is 16.5. The number of nitrogens with one attached hydrogen (secondary N) is 1. The maximum Gasteiger partial charge on any atom is 0.0635 e. The highest BCUT2D eigenvalue weighted by Crippen LogP contribution is 2.24. The second kappa shape index (κ2) is 8.13. The number of morpholine rings is 1. The van der Waals surface area contributed by atoms with Crippen molar-refractivity contribution in [3.05, 3.63) is 0 Å². The molecule has 1 unspecified atom stereocenters. The van der Waals surface area contributed by atoms with Gasteiger partial charge in [0.25, 0.3) is 0 Å². The Morgan fingerprint density at radius 2 is 1.94 bits per heavy atom. The van der Waals surface area contributed by atoms with Gasteiger partial charge in [-0.15, -0.1) is 0 Å². The van der Waals surface area contributed by atoms with E-state index in [-0.39, 0.29) is 0 Å². The molecule has 18 heavy (non-hydrogen) atoms. The van der Waals surface area contributed by atoms with E-state index in [2.05, 4.69) is 17.1 Å². The van der Waals surface area contributed by atoms with E-state index in [1.54, 1.807) is 0 Å². The van der Waals surface area contributed by atoms with Gasteiger partial charge in [-0.3, -0.25) is 4.90 Å². The summed E-state index contributed by atoms with van der Waals surface area (Å²) in [5, 5.41) is 3.57. The minimum atomic E-state index is 0.605. The third kappa shape index (κ3) is 4.22. The van der Waals surface area contributed by atoms with Gasteiger partial charge in [0.15, 0.2) is 0 Å². The lowest BCUT2D eigenvalue weighted by molar-refractivity contribution is -0.0309. The summed E-state index contributed by atoms with van der Waals surface area (Å²) in [5.41, 5.74) is 0. The third-order valence-corrected chi connectivity index (χ3v) is 4.37. The lowest BCUT2D eigenvalue weighted by Crippen LogP contribution is -2.54. The predicted octanol–water partition coefficient (Wildman–Crippen LogP) is 2.41. The van der Waals surface area contributed by atoms with Gasteiger partial charge in [-0.1, -0.05) is 32.6 Å². The van der Waals surface area contributed by atoms with Crippen molar-refractivity contribution in [2.75, 3.05) is 32.8 Å². The molecule has 0 bridgehead atoms. The van der Waals surface area contributed by atoms with Gasteiger partial charge in [0, 0.05) is 25.2 Å². The fourth-order valence-electron chi connectivity index (χ4n) is 3.36. The van der Waals surface area contributed by atoms with E-state index < -0.39 is 0 Å². The summed E-state index contributed by atoms with van der Waals surface area (Å²) in [7, 11) is 0. The molecule has 106 valence electrons. The summed E-state index contributed by atoms with van der Waals surface area (Å²) in [5.74, 6) is 0. The maximum absolute atomic E-state index is 5.68. The molecular weight excluding hydrogens is 224 g/mol. The normalized spacial score (nSPS) is 28.2. The SMILES string of the molecule is CCCNCC1COCCN1C1CCCCCC1. The highest BCUT2D eigenvalue weighted by Gasteiger charge is 2.29. The molecule has 1 heterocycles. The number of ether oxygens (including phenoxy) is 1. The summed E-state index contributed by atoms with van der Waals surface area (Å²) in [6.45, 7) is 7.46. The van der Waals surface area contributed by atoms with Crippen molar-refractivity contribution >= 4 is 0 Å². The second-order valence-corrected chi connectivity index (χ2v) is 5.82. The van der Waals surface area contributed by atoms with Crippen LogP contribution in [0.4, 0.5) is 0 Å². The quantitative estimate of drug-likeness (QED) is 0.602. The van der Waals surface area contributed by atoms with Gasteiger partial charge in [-0.05, 0) is 25.8 Å². The number of hydrogen-bond acceptors (Lipinski definition) is 3. The Kier molecular flexibility index (Phi) is 6.46. The molecule has 1 aliphatic heterocycles. The van der Waals surface area contributed by atoms with E-state index in [4.69, 9.17) is 4.74 Å². The van der Waals surface area contributed by atoms with Crippen molar-refractivity contribution in [3.63, 3.8) is 0 Å². The first-order valence-electron chi connectivity index (χ1n) is 7.96. The molecule has 2 fully saturated rings. The Hall–Kier alpha value is -0.120. The molecule has 1 saturated heterocycles. The van der Waals surface area contributed by atoms with E-state index in [0.29, 0.717) is 6.04 Å². The lowest BCUT2D eigenvalue weighted by Gasteiger charge is -2.41. The number of rotatable bonds is 5. The van der Waals surface area contributed by atoms with E-state index in [0.717, 1.165) is 38.9 Å². The summed E-state index contributed by atoms with van der Waals surface area (Å²) in [4.78, 5) is 2.75. The third-order valence-electron chi connectivity index (χ3n) is 4.37. The fourth-order valence-corrected chi connectivity index (χ4v) is 3.36. The first-order chi connectivity index (χ1) is 8.92. The fraction of sp³-hybridized carbons (Fsp3) is 1.00. The first-order valence-corrected chi connectivity index (χ1v) is 7.96. The van der Waals surface area contributed by atoms with E-state index in [9.17, 15) is 0 Å².